The average Bonchev–Trinajstić information content (AvgIpc) is 2.48. The van der Waals surface area contributed by atoms with Gasteiger partial charge < -0.3 is 14.6 Å². The van der Waals surface area contributed by atoms with Crippen LogP contribution in [0, 0.1) is 0 Å². The van der Waals surface area contributed by atoms with E-state index < -0.39 is 5.60 Å². The number of ether oxygens (including phenoxy) is 2. The summed E-state index contributed by atoms with van der Waals surface area (Å²) in [7, 11) is 4.68. The number of methoxy groups -OCH3 is 2. The van der Waals surface area contributed by atoms with Gasteiger partial charge in [0, 0.05) is 12.6 Å². The maximum absolute atomic E-state index is 12.2. The minimum atomic E-state index is -1.27. The van der Waals surface area contributed by atoms with Crippen LogP contribution in [0.4, 0.5) is 0 Å². The molecule has 0 saturated heterocycles. The Balaban J connectivity index is 2.73. The van der Waals surface area contributed by atoms with Crippen molar-refractivity contribution in [2.24, 2.45) is 7.05 Å². The highest BCUT2D eigenvalue weighted by molar-refractivity contribution is 5.69. The molecule has 0 unspecified atom stereocenters. The molecule has 0 aliphatic rings. The first-order valence-corrected chi connectivity index (χ1v) is 6.81. The van der Waals surface area contributed by atoms with Gasteiger partial charge in [-0.15, -0.1) is 0 Å². The van der Waals surface area contributed by atoms with E-state index >= 15 is 0 Å². The van der Waals surface area contributed by atoms with E-state index in [-0.39, 0.29) is 11.1 Å². The van der Waals surface area contributed by atoms with Crippen LogP contribution >= 0.6 is 0 Å². The van der Waals surface area contributed by atoms with Crippen molar-refractivity contribution in [3.8, 4) is 22.8 Å². The molecule has 2 aromatic rings. The fourth-order valence-electron chi connectivity index (χ4n) is 2.19. The van der Waals surface area contributed by atoms with Gasteiger partial charge in [0.05, 0.1) is 31.1 Å². The van der Waals surface area contributed by atoms with E-state index in [0.717, 1.165) is 0 Å². The summed E-state index contributed by atoms with van der Waals surface area (Å²) in [5, 5.41) is 14.5. The van der Waals surface area contributed by atoms with Crippen molar-refractivity contribution in [1.82, 2.24) is 9.78 Å². The summed E-state index contributed by atoms with van der Waals surface area (Å²) in [6, 6.07) is 6.91. The van der Waals surface area contributed by atoms with Gasteiger partial charge in [0.15, 0.2) is 0 Å². The van der Waals surface area contributed by atoms with Gasteiger partial charge in [-0.2, -0.15) is 5.10 Å². The number of aryl methyl sites for hydroxylation is 1. The van der Waals surface area contributed by atoms with E-state index in [1.54, 1.807) is 59.4 Å². The summed E-state index contributed by atoms with van der Waals surface area (Å²) in [6.45, 7) is 3.13. The molecule has 1 heterocycles. The first-order valence-electron chi connectivity index (χ1n) is 6.81. The number of aliphatic hydroxyl groups is 1. The molecule has 0 amide bonds. The maximum atomic E-state index is 12.2. The van der Waals surface area contributed by atoms with Crippen LogP contribution in [-0.4, -0.2) is 29.1 Å². The van der Waals surface area contributed by atoms with Gasteiger partial charge in [-0.05, 0) is 38.1 Å². The zero-order valence-electron chi connectivity index (χ0n) is 13.4. The van der Waals surface area contributed by atoms with E-state index in [4.69, 9.17) is 9.47 Å². The lowest BCUT2D eigenvalue weighted by molar-refractivity contribution is 0.0763. The van der Waals surface area contributed by atoms with Crippen LogP contribution in [0.5, 0.6) is 11.5 Å². The Bertz CT molecular complexity index is 745. The van der Waals surface area contributed by atoms with Gasteiger partial charge in [-0.25, -0.2) is 4.68 Å². The lowest BCUT2D eigenvalue weighted by Gasteiger charge is -2.19. The molecule has 1 N–H and O–H groups in total. The van der Waals surface area contributed by atoms with Crippen molar-refractivity contribution >= 4 is 0 Å². The normalized spacial score (nSPS) is 11.4. The zero-order chi connectivity index (χ0) is 16.5. The molecule has 118 valence electrons. The number of rotatable bonds is 4. The topological polar surface area (TPSA) is 73.6 Å². The van der Waals surface area contributed by atoms with Crippen LogP contribution in [0.3, 0.4) is 0 Å². The van der Waals surface area contributed by atoms with Crippen molar-refractivity contribution in [3.05, 3.63) is 40.2 Å². The minimum absolute atomic E-state index is 0.268. The van der Waals surface area contributed by atoms with Crippen LogP contribution in [0.25, 0.3) is 11.3 Å². The fraction of sp³-hybridized carbons (Fsp3) is 0.375. The zero-order valence-corrected chi connectivity index (χ0v) is 13.4. The standard InChI is InChI=1S/C16H20N2O4/c1-16(2,20)12-9-13(17-18(3)15(12)19)11-8-10(21-4)6-7-14(11)22-5/h6-9,20H,1-5H3. The molecule has 0 atom stereocenters. The Morgan fingerprint density at radius 3 is 2.41 bits per heavy atom. The van der Waals surface area contributed by atoms with Crippen LogP contribution in [0.1, 0.15) is 19.4 Å². The van der Waals surface area contributed by atoms with Crippen LogP contribution in [-0.2, 0) is 12.6 Å². The molecule has 0 aliphatic carbocycles. The second kappa shape index (κ2) is 5.81. The Morgan fingerprint density at radius 2 is 1.86 bits per heavy atom. The molecular formula is C16H20N2O4. The quantitative estimate of drug-likeness (QED) is 0.930. The second-order valence-electron chi connectivity index (χ2n) is 5.50. The van der Waals surface area contributed by atoms with E-state index in [9.17, 15) is 9.90 Å². The number of aromatic nitrogens is 2. The van der Waals surface area contributed by atoms with E-state index in [0.29, 0.717) is 22.8 Å². The van der Waals surface area contributed by atoms with E-state index in [2.05, 4.69) is 5.10 Å². The molecule has 0 spiro atoms. The predicted molar refractivity (Wildman–Crippen MR) is 83.3 cm³/mol. The molecule has 1 aromatic carbocycles. The van der Waals surface area contributed by atoms with Gasteiger partial charge >= 0.3 is 0 Å². The van der Waals surface area contributed by atoms with Gasteiger partial charge in [0.25, 0.3) is 5.56 Å². The first kappa shape index (κ1) is 16.0. The predicted octanol–water partition coefficient (Wildman–Crippen LogP) is 1.69. The Hall–Kier alpha value is -2.34. The van der Waals surface area contributed by atoms with Crippen molar-refractivity contribution in [3.63, 3.8) is 0 Å². The molecule has 6 nitrogen and oxygen atoms in total. The lowest BCUT2D eigenvalue weighted by atomic mass is 9.98. The molecule has 22 heavy (non-hydrogen) atoms. The van der Waals surface area contributed by atoms with Crippen molar-refractivity contribution in [1.29, 1.82) is 0 Å². The van der Waals surface area contributed by atoms with Gasteiger partial charge in [0.1, 0.15) is 11.5 Å². The molecule has 6 heteroatoms. The molecule has 0 aliphatic heterocycles. The third kappa shape index (κ3) is 2.96. The summed E-state index contributed by atoms with van der Waals surface area (Å²) >= 11 is 0. The smallest absolute Gasteiger partial charge is 0.272 e. The largest absolute Gasteiger partial charge is 0.497 e. The van der Waals surface area contributed by atoms with Crippen molar-refractivity contribution < 1.29 is 14.6 Å². The van der Waals surface area contributed by atoms with Crippen LogP contribution in [0.15, 0.2) is 29.1 Å². The van der Waals surface area contributed by atoms with E-state index in [1.807, 2.05) is 0 Å². The number of hydrogen-bond acceptors (Lipinski definition) is 5. The summed E-state index contributed by atoms with van der Waals surface area (Å²) in [5.74, 6) is 1.25. The molecule has 0 fully saturated rings. The highest BCUT2D eigenvalue weighted by atomic mass is 16.5. The molecule has 0 bridgehead atoms. The third-order valence-corrected chi connectivity index (χ3v) is 3.40. The van der Waals surface area contributed by atoms with Crippen LogP contribution < -0.4 is 15.0 Å². The van der Waals surface area contributed by atoms with Gasteiger partial charge in [-0.1, -0.05) is 0 Å². The van der Waals surface area contributed by atoms with Crippen molar-refractivity contribution in [2.75, 3.05) is 14.2 Å². The lowest BCUT2D eigenvalue weighted by Crippen LogP contribution is -2.32. The highest BCUT2D eigenvalue weighted by Gasteiger charge is 2.23. The Labute approximate surface area is 128 Å². The fourth-order valence-corrected chi connectivity index (χ4v) is 2.19. The van der Waals surface area contributed by atoms with Crippen LogP contribution in [0.2, 0.25) is 0 Å². The second-order valence-corrected chi connectivity index (χ2v) is 5.50. The number of benzene rings is 1. The minimum Gasteiger partial charge on any atom is -0.497 e. The SMILES string of the molecule is COc1ccc(OC)c(-c2cc(C(C)(C)O)c(=O)n(C)n2)c1. The summed E-state index contributed by atoms with van der Waals surface area (Å²) < 4.78 is 11.8. The Morgan fingerprint density at radius 1 is 1.18 bits per heavy atom. The molecule has 1 aromatic heterocycles. The number of nitrogens with zero attached hydrogens (tertiary/aromatic N) is 2. The molecule has 0 radical (unpaired) electrons. The molecular weight excluding hydrogens is 284 g/mol. The molecule has 2 rings (SSSR count). The summed E-state index contributed by atoms with van der Waals surface area (Å²) in [5.41, 5.74) is -0.126. The van der Waals surface area contributed by atoms with Gasteiger partial charge in [0.2, 0.25) is 0 Å². The van der Waals surface area contributed by atoms with E-state index in [1.165, 1.54) is 4.68 Å². The third-order valence-electron chi connectivity index (χ3n) is 3.40. The van der Waals surface area contributed by atoms with Crippen molar-refractivity contribution in [2.45, 2.75) is 19.4 Å². The first-order chi connectivity index (χ1) is 10.3. The highest BCUT2D eigenvalue weighted by Crippen LogP contribution is 2.33. The average molecular weight is 304 g/mol. The Kier molecular flexibility index (Phi) is 4.23. The monoisotopic (exact) mass is 304 g/mol. The number of hydrogen-bond donors (Lipinski definition) is 1. The maximum Gasteiger partial charge on any atom is 0.272 e. The summed E-state index contributed by atoms with van der Waals surface area (Å²) in [6.07, 6.45) is 0. The van der Waals surface area contributed by atoms with Gasteiger partial charge in [-0.3, -0.25) is 4.79 Å². The summed E-state index contributed by atoms with van der Waals surface area (Å²) in [4.78, 5) is 12.2. The molecule has 0 saturated carbocycles.